The van der Waals surface area contributed by atoms with Gasteiger partial charge in [-0.05, 0) is 25.2 Å². The maximum atomic E-state index is 13.1. The Morgan fingerprint density at radius 3 is 2.60 bits per heavy atom. The number of carbonyl (C=O) groups is 2. The fourth-order valence-corrected chi connectivity index (χ4v) is 7.36. The Morgan fingerprint density at radius 1 is 1.19 bits per heavy atom. The van der Waals surface area contributed by atoms with E-state index < -0.39 is 6.10 Å². The van der Waals surface area contributed by atoms with E-state index in [0.717, 1.165) is 22.4 Å². The van der Waals surface area contributed by atoms with Crippen LogP contribution >= 0.6 is 31.9 Å². The minimum absolute atomic E-state index is 0.00377. The lowest BCUT2D eigenvalue weighted by Gasteiger charge is -2.39. The lowest BCUT2D eigenvalue weighted by Crippen LogP contribution is -2.57. The van der Waals surface area contributed by atoms with Crippen LogP contribution in [0.3, 0.4) is 0 Å². The normalized spacial score (nSPS) is 17.5. The summed E-state index contributed by atoms with van der Waals surface area (Å²) >= 11 is 2.67. The molecule has 0 radical (unpaired) electrons. The fraction of sp³-hybridized carbons (Fsp3) is 0.429. The molecule has 43 heavy (non-hydrogen) atoms. The molecule has 0 bridgehead atoms. The number of nitriles is 1. The van der Waals surface area contributed by atoms with Crippen molar-refractivity contribution < 1.29 is 14.7 Å². The van der Waals surface area contributed by atoms with Gasteiger partial charge < -0.3 is 14.9 Å². The van der Waals surface area contributed by atoms with Crippen LogP contribution in [0.2, 0.25) is 0 Å². The SMILES string of the molecule is CCc1nc2sc(N3CC(N(C)CC(=O)N4CC(O)C4)CCC3=O)nn2c1N(C)c1nc(-c2ccc(P)cc2)c(C#N)s1. The van der Waals surface area contributed by atoms with Gasteiger partial charge in [0.25, 0.3) is 0 Å². The van der Waals surface area contributed by atoms with Crippen LogP contribution in [0, 0.1) is 11.3 Å². The van der Waals surface area contributed by atoms with E-state index in [-0.39, 0.29) is 24.4 Å². The molecule has 15 heteroatoms. The topological polar surface area (TPSA) is 134 Å². The Morgan fingerprint density at radius 2 is 1.93 bits per heavy atom. The van der Waals surface area contributed by atoms with Gasteiger partial charge in [-0.25, -0.2) is 9.97 Å². The van der Waals surface area contributed by atoms with Crippen molar-refractivity contribution in [1.82, 2.24) is 29.4 Å². The second-order valence-electron chi connectivity index (χ2n) is 10.8. The van der Waals surface area contributed by atoms with Crippen molar-refractivity contribution in [3.05, 3.63) is 34.8 Å². The number of hydrogen-bond acceptors (Lipinski definition) is 11. The maximum absolute atomic E-state index is 13.1. The summed E-state index contributed by atoms with van der Waals surface area (Å²) in [4.78, 5) is 43.8. The third kappa shape index (κ3) is 5.63. The highest BCUT2D eigenvalue weighted by molar-refractivity contribution is 7.27. The average molecular weight is 638 g/mol. The minimum Gasteiger partial charge on any atom is -0.389 e. The largest absolute Gasteiger partial charge is 0.389 e. The number of benzene rings is 1. The van der Waals surface area contributed by atoms with Crippen LogP contribution in [0.4, 0.5) is 16.1 Å². The van der Waals surface area contributed by atoms with Gasteiger partial charge in [0.15, 0.2) is 10.9 Å². The van der Waals surface area contributed by atoms with Gasteiger partial charge in [0.05, 0.1) is 18.3 Å². The number of thiazole rings is 1. The van der Waals surface area contributed by atoms with Crippen molar-refractivity contribution in [2.45, 2.75) is 38.3 Å². The van der Waals surface area contributed by atoms with Crippen LogP contribution in [-0.2, 0) is 16.0 Å². The molecule has 0 aliphatic carbocycles. The molecule has 2 unspecified atom stereocenters. The molecule has 2 fully saturated rings. The summed E-state index contributed by atoms with van der Waals surface area (Å²) in [7, 11) is 6.45. The second kappa shape index (κ2) is 11.9. The van der Waals surface area contributed by atoms with Gasteiger partial charge in [-0.3, -0.25) is 19.4 Å². The first-order valence-electron chi connectivity index (χ1n) is 14.0. The first-order chi connectivity index (χ1) is 20.7. The van der Waals surface area contributed by atoms with Crippen molar-refractivity contribution in [2.24, 2.45) is 0 Å². The first-order valence-corrected chi connectivity index (χ1v) is 16.2. The van der Waals surface area contributed by atoms with Crippen molar-refractivity contribution in [3.8, 4) is 17.3 Å². The molecule has 4 aromatic rings. The standard InChI is InChI=1S/C28H32N9O3PS2/c1-4-20-25(34(3)26-31-24(21(11-29)42-26)16-5-8-19(41)9-6-16)37-27(30-20)43-28(32-37)36-12-17(7-10-22(36)39)33(2)15-23(40)35-13-18(38)14-35/h5-6,8-9,17-18,38H,4,7,10,12-15,41H2,1-3H3. The van der Waals surface area contributed by atoms with Gasteiger partial charge >= 0.3 is 0 Å². The molecule has 12 nitrogen and oxygen atoms in total. The number of β-amino-alcohol motifs (C(OH)–C–C–N with tert-alkyl or cyclic N) is 1. The summed E-state index contributed by atoms with van der Waals surface area (Å²) in [6.07, 6.45) is 1.25. The zero-order chi connectivity index (χ0) is 30.4. The molecule has 2 aliphatic rings. The predicted molar refractivity (Wildman–Crippen MR) is 171 cm³/mol. The highest BCUT2D eigenvalue weighted by Crippen LogP contribution is 2.38. The van der Waals surface area contributed by atoms with E-state index in [1.165, 1.54) is 22.7 Å². The number of carbonyl (C=O) groups excluding carboxylic acids is 2. The lowest BCUT2D eigenvalue weighted by molar-refractivity contribution is -0.142. The summed E-state index contributed by atoms with van der Waals surface area (Å²) in [5.74, 6) is 0.713. The van der Waals surface area contributed by atoms with Crippen molar-refractivity contribution in [1.29, 1.82) is 5.26 Å². The third-order valence-electron chi connectivity index (χ3n) is 7.92. The summed E-state index contributed by atoms with van der Waals surface area (Å²) in [5, 5.41) is 26.5. The number of imidazole rings is 1. The maximum Gasteiger partial charge on any atom is 0.236 e. The summed E-state index contributed by atoms with van der Waals surface area (Å²) in [6, 6.07) is 10.1. The second-order valence-corrected chi connectivity index (χ2v) is 13.4. The number of anilines is 3. The number of fused-ring (bicyclic) bond motifs is 1. The number of hydrogen-bond donors (Lipinski definition) is 1. The van der Waals surface area contributed by atoms with Crippen molar-refractivity contribution in [3.63, 3.8) is 0 Å². The Balaban J connectivity index is 1.26. The van der Waals surface area contributed by atoms with E-state index in [2.05, 4.69) is 15.3 Å². The summed E-state index contributed by atoms with van der Waals surface area (Å²) in [6.45, 7) is 3.44. The van der Waals surface area contributed by atoms with Crippen molar-refractivity contribution >= 4 is 70.1 Å². The number of nitrogens with zero attached hydrogens (tertiary/aromatic N) is 9. The highest BCUT2D eigenvalue weighted by atomic mass is 32.1. The van der Waals surface area contributed by atoms with Gasteiger partial charge in [0.1, 0.15) is 16.6 Å². The van der Waals surface area contributed by atoms with Gasteiger partial charge in [-0.15, -0.1) is 14.3 Å². The number of amides is 2. The molecule has 2 amide bonds. The molecule has 1 N–H and O–H groups in total. The highest BCUT2D eigenvalue weighted by Gasteiger charge is 2.35. The van der Waals surface area contributed by atoms with E-state index in [1.807, 2.05) is 55.1 Å². The number of aliphatic hydroxyl groups is 1. The molecular formula is C28H32N9O3PS2. The van der Waals surface area contributed by atoms with Gasteiger partial charge in [0.2, 0.25) is 21.9 Å². The summed E-state index contributed by atoms with van der Waals surface area (Å²) in [5.41, 5.74) is 2.35. The minimum atomic E-state index is -0.434. The molecule has 5 heterocycles. The number of likely N-dealkylation sites (N-methyl/N-ethyl adjacent to an activating group) is 1. The molecule has 6 rings (SSSR count). The Labute approximate surface area is 259 Å². The smallest absolute Gasteiger partial charge is 0.236 e. The first kappa shape index (κ1) is 29.6. The molecule has 0 spiro atoms. The predicted octanol–water partition coefficient (Wildman–Crippen LogP) is 2.25. The van der Waals surface area contributed by atoms with Crippen LogP contribution in [0.1, 0.15) is 30.3 Å². The van der Waals surface area contributed by atoms with Crippen LogP contribution in [0.15, 0.2) is 24.3 Å². The van der Waals surface area contributed by atoms with Crippen LogP contribution in [0.25, 0.3) is 16.2 Å². The van der Waals surface area contributed by atoms with E-state index in [1.54, 1.807) is 14.3 Å². The average Bonchev–Trinajstić information content (AvgIpc) is 3.68. The Bertz CT molecular complexity index is 1720. The zero-order valence-electron chi connectivity index (χ0n) is 24.1. The molecule has 2 saturated heterocycles. The van der Waals surface area contributed by atoms with Crippen molar-refractivity contribution in [2.75, 3.05) is 50.1 Å². The van der Waals surface area contributed by atoms with Gasteiger partial charge in [0, 0.05) is 44.7 Å². The molecular weight excluding hydrogens is 605 g/mol. The number of aliphatic hydroxyl groups excluding tert-OH is 1. The quantitative estimate of drug-likeness (QED) is 0.289. The molecule has 2 atom stereocenters. The molecule has 0 saturated carbocycles. The number of piperidine rings is 1. The number of likely N-dealkylation sites (tertiary alicyclic amines) is 1. The van der Waals surface area contributed by atoms with Crippen LogP contribution < -0.4 is 15.1 Å². The van der Waals surface area contributed by atoms with E-state index in [4.69, 9.17) is 15.1 Å². The van der Waals surface area contributed by atoms with Crippen LogP contribution in [-0.4, -0.2) is 98.7 Å². The number of aromatic nitrogens is 4. The number of rotatable bonds is 8. The van der Waals surface area contributed by atoms with Crippen LogP contribution in [0.5, 0.6) is 0 Å². The summed E-state index contributed by atoms with van der Waals surface area (Å²) < 4.78 is 1.76. The van der Waals surface area contributed by atoms with E-state index >= 15 is 0 Å². The monoisotopic (exact) mass is 637 g/mol. The molecule has 2 aliphatic heterocycles. The van der Waals surface area contributed by atoms with E-state index in [0.29, 0.717) is 64.7 Å². The molecule has 1 aromatic carbocycles. The third-order valence-corrected chi connectivity index (χ3v) is 10.3. The molecule has 3 aromatic heterocycles. The van der Waals surface area contributed by atoms with E-state index in [9.17, 15) is 20.0 Å². The Hall–Kier alpha value is -3.47. The van der Waals surface area contributed by atoms with Gasteiger partial charge in [-0.1, -0.05) is 53.9 Å². The lowest BCUT2D eigenvalue weighted by atomic mass is 10.0. The Kier molecular flexibility index (Phi) is 8.19. The zero-order valence-corrected chi connectivity index (χ0v) is 26.9. The fourth-order valence-electron chi connectivity index (χ4n) is 5.38. The molecule has 224 valence electrons. The number of aryl methyl sites for hydroxylation is 1. The van der Waals surface area contributed by atoms with Gasteiger partial charge in [-0.2, -0.15) is 9.78 Å².